The first kappa shape index (κ1) is 17.0. The Labute approximate surface area is 139 Å². The van der Waals surface area contributed by atoms with Gasteiger partial charge in [0.1, 0.15) is 11.8 Å². The third kappa shape index (κ3) is 3.09. The van der Waals surface area contributed by atoms with E-state index in [-0.39, 0.29) is 17.7 Å². The van der Waals surface area contributed by atoms with E-state index >= 15 is 4.39 Å². The summed E-state index contributed by atoms with van der Waals surface area (Å²) in [6.45, 7) is 9.58. The molecule has 5 heteroatoms. The van der Waals surface area contributed by atoms with Gasteiger partial charge in [0.15, 0.2) is 0 Å². The number of carbonyl (C=O) groups excluding carboxylic acids is 1. The molecule has 0 radical (unpaired) electrons. The summed E-state index contributed by atoms with van der Waals surface area (Å²) in [6, 6.07) is 0.315. The Morgan fingerprint density at radius 3 is 2.48 bits per heavy atom. The summed E-state index contributed by atoms with van der Waals surface area (Å²) in [6.07, 6.45) is 4.11. The quantitative estimate of drug-likeness (QED) is 0.839. The van der Waals surface area contributed by atoms with Crippen LogP contribution in [0.25, 0.3) is 0 Å². The van der Waals surface area contributed by atoms with Crippen LogP contribution in [0.5, 0.6) is 0 Å². The fourth-order valence-corrected chi connectivity index (χ4v) is 4.57. The van der Waals surface area contributed by atoms with Gasteiger partial charge in [-0.25, -0.2) is 9.18 Å². The van der Waals surface area contributed by atoms with Crippen LogP contribution in [-0.2, 0) is 4.74 Å². The van der Waals surface area contributed by atoms with Crippen LogP contribution in [0, 0.1) is 0 Å². The Kier molecular flexibility index (Phi) is 3.94. The van der Waals surface area contributed by atoms with Gasteiger partial charge >= 0.3 is 6.09 Å². The molecule has 0 spiro atoms. The normalized spacial score (nSPS) is 40.9. The molecule has 2 heterocycles. The Morgan fingerprint density at radius 1 is 1.26 bits per heavy atom. The van der Waals surface area contributed by atoms with E-state index < -0.39 is 17.3 Å². The molecule has 132 valence electrons. The van der Waals surface area contributed by atoms with Gasteiger partial charge in [-0.05, 0) is 73.1 Å². The average molecular weight is 326 g/mol. The van der Waals surface area contributed by atoms with Gasteiger partial charge in [0, 0.05) is 17.6 Å². The van der Waals surface area contributed by atoms with E-state index in [9.17, 15) is 4.79 Å². The molecule has 0 aromatic carbocycles. The minimum Gasteiger partial charge on any atom is -0.444 e. The number of rotatable bonds is 2. The van der Waals surface area contributed by atoms with Crippen molar-refractivity contribution in [2.45, 2.75) is 108 Å². The monoisotopic (exact) mass is 326 g/mol. The summed E-state index contributed by atoms with van der Waals surface area (Å²) in [7, 11) is 0. The molecule has 2 bridgehead atoms. The fourth-order valence-electron chi connectivity index (χ4n) is 4.57. The number of piperidine rings is 2. The van der Waals surface area contributed by atoms with E-state index in [2.05, 4.69) is 12.2 Å². The molecule has 0 aromatic rings. The molecule has 23 heavy (non-hydrogen) atoms. The number of carbonyl (C=O) groups is 1. The first-order chi connectivity index (χ1) is 10.6. The fraction of sp³-hybridized carbons (Fsp3) is 0.944. The Morgan fingerprint density at radius 2 is 1.91 bits per heavy atom. The number of halogens is 1. The third-order valence-electron chi connectivity index (χ3n) is 5.66. The van der Waals surface area contributed by atoms with Gasteiger partial charge in [0.05, 0.1) is 5.54 Å². The van der Waals surface area contributed by atoms with Gasteiger partial charge in [0.25, 0.3) is 0 Å². The summed E-state index contributed by atoms with van der Waals surface area (Å²) in [5, 5.41) is 3.48. The molecule has 0 unspecified atom stereocenters. The predicted octanol–water partition coefficient (Wildman–Crippen LogP) is 3.79. The number of alkyl halides is 1. The van der Waals surface area contributed by atoms with Crippen LogP contribution >= 0.6 is 0 Å². The topological polar surface area (TPSA) is 41.6 Å². The zero-order valence-corrected chi connectivity index (χ0v) is 15.1. The zero-order valence-electron chi connectivity index (χ0n) is 15.1. The van der Waals surface area contributed by atoms with Gasteiger partial charge in [-0.15, -0.1) is 0 Å². The molecule has 3 fully saturated rings. The molecule has 2 aliphatic heterocycles. The van der Waals surface area contributed by atoms with Gasteiger partial charge in [0.2, 0.25) is 0 Å². The van der Waals surface area contributed by atoms with Crippen molar-refractivity contribution in [3.05, 3.63) is 0 Å². The summed E-state index contributed by atoms with van der Waals surface area (Å²) in [5.41, 5.74) is -1.67. The van der Waals surface area contributed by atoms with E-state index in [1.807, 2.05) is 27.7 Å². The maximum Gasteiger partial charge on any atom is 0.411 e. The summed E-state index contributed by atoms with van der Waals surface area (Å²) in [5.74, 6) is 0. The lowest BCUT2D eigenvalue weighted by molar-refractivity contribution is -0.131. The number of hydrogen-bond acceptors (Lipinski definition) is 3. The second-order valence-electron chi connectivity index (χ2n) is 9.18. The molecule has 4 nitrogen and oxygen atoms in total. The van der Waals surface area contributed by atoms with E-state index in [0.29, 0.717) is 18.9 Å². The highest BCUT2D eigenvalue weighted by Gasteiger charge is 2.61. The Balaban J connectivity index is 1.88. The van der Waals surface area contributed by atoms with E-state index in [1.54, 1.807) is 4.90 Å². The maximum absolute atomic E-state index is 15.4. The number of nitrogens with zero attached hydrogens (tertiary/aromatic N) is 1. The van der Waals surface area contributed by atoms with E-state index in [0.717, 1.165) is 25.7 Å². The molecule has 1 aliphatic carbocycles. The molecular formula is C18H31FN2O2. The lowest BCUT2D eigenvalue weighted by Crippen LogP contribution is -2.75. The number of fused-ring (bicyclic) bond motifs is 2. The lowest BCUT2D eigenvalue weighted by Gasteiger charge is -2.61. The van der Waals surface area contributed by atoms with Gasteiger partial charge < -0.3 is 10.1 Å². The van der Waals surface area contributed by atoms with Crippen molar-refractivity contribution in [3.8, 4) is 0 Å². The first-order valence-electron chi connectivity index (χ1n) is 8.99. The van der Waals surface area contributed by atoms with Crippen molar-refractivity contribution in [2.75, 3.05) is 0 Å². The summed E-state index contributed by atoms with van der Waals surface area (Å²) >= 11 is 0. The minimum absolute atomic E-state index is 0.156. The van der Waals surface area contributed by atoms with Crippen LogP contribution < -0.4 is 5.32 Å². The van der Waals surface area contributed by atoms with Crippen molar-refractivity contribution in [1.82, 2.24) is 10.2 Å². The van der Waals surface area contributed by atoms with Crippen LogP contribution in [-0.4, -0.2) is 45.9 Å². The number of nitrogens with one attached hydrogen (secondary N) is 1. The molecule has 4 atom stereocenters. The highest BCUT2D eigenvalue weighted by molar-refractivity contribution is 5.71. The van der Waals surface area contributed by atoms with Crippen LogP contribution in [0.15, 0.2) is 0 Å². The van der Waals surface area contributed by atoms with E-state index in [1.165, 1.54) is 0 Å². The van der Waals surface area contributed by atoms with Crippen molar-refractivity contribution in [2.24, 2.45) is 0 Å². The van der Waals surface area contributed by atoms with Crippen LogP contribution in [0.4, 0.5) is 9.18 Å². The molecule has 1 saturated carbocycles. The second-order valence-corrected chi connectivity index (χ2v) is 9.18. The highest BCUT2D eigenvalue weighted by Crippen LogP contribution is 2.50. The van der Waals surface area contributed by atoms with Crippen LogP contribution in [0.1, 0.15) is 73.1 Å². The lowest BCUT2D eigenvalue weighted by atomic mass is 9.66. The van der Waals surface area contributed by atoms with Gasteiger partial charge in [-0.2, -0.15) is 0 Å². The summed E-state index contributed by atoms with van der Waals surface area (Å²) in [4.78, 5) is 14.6. The van der Waals surface area contributed by atoms with Gasteiger partial charge in [-0.1, -0.05) is 0 Å². The summed E-state index contributed by atoms with van der Waals surface area (Å²) < 4.78 is 21.0. The third-order valence-corrected chi connectivity index (χ3v) is 5.66. The van der Waals surface area contributed by atoms with Crippen LogP contribution in [0.3, 0.4) is 0 Å². The molecule has 1 amide bonds. The molecule has 3 rings (SSSR count). The highest BCUT2D eigenvalue weighted by atomic mass is 19.1. The largest absolute Gasteiger partial charge is 0.444 e. The minimum atomic E-state index is -1.05. The number of hydrogen-bond donors (Lipinski definition) is 1. The first-order valence-corrected chi connectivity index (χ1v) is 8.99. The van der Waals surface area contributed by atoms with Crippen molar-refractivity contribution < 1.29 is 13.9 Å². The number of amides is 1. The number of ether oxygens (including phenoxy) is 1. The smallest absolute Gasteiger partial charge is 0.411 e. The average Bonchev–Trinajstić information content (AvgIpc) is 3.17. The molecule has 3 aliphatic rings. The van der Waals surface area contributed by atoms with Crippen LogP contribution in [0.2, 0.25) is 0 Å². The molecule has 1 N–H and O–H groups in total. The molecule has 0 aromatic heterocycles. The zero-order chi connectivity index (χ0) is 17.0. The second kappa shape index (κ2) is 5.33. The maximum atomic E-state index is 15.4. The van der Waals surface area contributed by atoms with Crippen molar-refractivity contribution in [1.29, 1.82) is 0 Å². The van der Waals surface area contributed by atoms with E-state index in [4.69, 9.17) is 4.74 Å². The van der Waals surface area contributed by atoms with Gasteiger partial charge in [-0.3, -0.25) is 4.90 Å². The Bertz CT molecular complexity index is 488. The Hall–Kier alpha value is -0.840. The van der Waals surface area contributed by atoms with Crippen molar-refractivity contribution in [3.63, 3.8) is 0 Å². The molecular weight excluding hydrogens is 295 g/mol. The predicted molar refractivity (Wildman–Crippen MR) is 88.2 cm³/mol. The SMILES string of the molecule is CC(C)(C)OC(=O)N1[C@@]2(C)CCC[C@]1(C)[C@@H](F)[C@@H](NC1CC1)C2. The van der Waals surface area contributed by atoms with Crippen molar-refractivity contribution >= 4 is 6.09 Å². The molecule has 2 saturated heterocycles. The standard InChI is InChI=1S/C18H31FN2O2/c1-16(2,3)23-15(22)21-17(4)9-6-10-18(21,5)14(19)13(11-17)20-12-7-8-12/h12-14,20H,6-11H2,1-5H3/t13-,14-,17-,18+/m0/s1.